The van der Waals surface area contributed by atoms with Crippen molar-refractivity contribution < 1.29 is 9.32 Å². The van der Waals surface area contributed by atoms with Gasteiger partial charge in [0, 0.05) is 31.0 Å². The van der Waals surface area contributed by atoms with Crippen molar-refractivity contribution in [1.82, 2.24) is 19.6 Å². The van der Waals surface area contributed by atoms with Gasteiger partial charge >= 0.3 is 0 Å². The molecule has 1 aliphatic carbocycles. The molecular weight excluding hydrogens is 312 g/mol. The van der Waals surface area contributed by atoms with E-state index < -0.39 is 0 Å². The molecule has 2 aromatic heterocycles. The predicted molar refractivity (Wildman–Crippen MR) is 86.0 cm³/mol. The summed E-state index contributed by atoms with van der Waals surface area (Å²) in [5.74, 6) is 1.57. The third-order valence-corrected chi connectivity index (χ3v) is 5.70. The van der Waals surface area contributed by atoms with Gasteiger partial charge in [-0.1, -0.05) is 16.1 Å². The molecule has 0 N–H and O–H groups in total. The van der Waals surface area contributed by atoms with Gasteiger partial charge in [0.25, 0.3) is 0 Å². The second-order valence-electron chi connectivity index (χ2n) is 6.57. The lowest BCUT2D eigenvalue weighted by Crippen LogP contribution is -2.44. The van der Waals surface area contributed by atoms with Crippen LogP contribution in [0.5, 0.6) is 0 Å². The van der Waals surface area contributed by atoms with Gasteiger partial charge < -0.3 is 9.42 Å². The zero-order valence-corrected chi connectivity index (χ0v) is 14.0. The molecule has 0 aromatic carbocycles. The Morgan fingerprint density at radius 3 is 2.91 bits per heavy atom. The number of hydrogen-bond acceptors (Lipinski definition) is 6. The normalized spacial score (nSPS) is 22.1. The van der Waals surface area contributed by atoms with E-state index in [4.69, 9.17) is 4.52 Å². The van der Waals surface area contributed by atoms with Crippen LogP contribution < -0.4 is 0 Å². The second kappa shape index (κ2) is 6.03. The number of nitrogens with zero attached hydrogens (tertiary/aromatic N) is 4. The van der Waals surface area contributed by atoms with Crippen molar-refractivity contribution in [2.75, 3.05) is 13.1 Å². The van der Waals surface area contributed by atoms with Gasteiger partial charge in [0.15, 0.2) is 5.76 Å². The molecule has 6 nitrogen and oxygen atoms in total. The Bertz CT molecular complexity index is 707. The lowest BCUT2D eigenvalue weighted by atomic mass is 9.83. The van der Waals surface area contributed by atoms with Crippen molar-refractivity contribution in [3.05, 3.63) is 17.5 Å². The van der Waals surface area contributed by atoms with E-state index in [1.54, 1.807) is 0 Å². The summed E-state index contributed by atoms with van der Waals surface area (Å²) in [5, 5.41) is 8.30. The SMILES string of the molecule is Cc1cc(-c2snnc2[C@H]2CCCN(C(=O)C3CCC3)C2)on1. The summed E-state index contributed by atoms with van der Waals surface area (Å²) in [4.78, 5) is 15.5. The van der Waals surface area contributed by atoms with E-state index in [1.165, 1.54) is 18.0 Å². The predicted octanol–water partition coefficient (Wildman–Crippen LogP) is 3.01. The highest BCUT2D eigenvalue weighted by Crippen LogP contribution is 2.37. The van der Waals surface area contributed by atoms with Gasteiger partial charge in [0.2, 0.25) is 5.91 Å². The smallest absolute Gasteiger partial charge is 0.225 e. The van der Waals surface area contributed by atoms with Crippen molar-refractivity contribution in [2.45, 2.75) is 44.9 Å². The number of aryl methyl sites for hydroxylation is 1. The molecule has 0 spiro atoms. The molecule has 2 aliphatic rings. The van der Waals surface area contributed by atoms with Crippen LogP contribution in [0.1, 0.15) is 49.4 Å². The van der Waals surface area contributed by atoms with E-state index >= 15 is 0 Å². The summed E-state index contributed by atoms with van der Waals surface area (Å²) in [6, 6.07) is 1.92. The average molecular weight is 332 g/mol. The lowest BCUT2D eigenvalue weighted by Gasteiger charge is -2.36. The van der Waals surface area contributed by atoms with Crippen LogP contribution in [0.4, 0.5) is 0 Å². The van der Waals surface area contributed by atoms with Crippen LogP contribution in [0.2, 0.25) is 0 Å². The third-order valence-electron chi connectivity index (χ3n) is 4.94. The van der Waals surface area contributed by atoms with Crippen LogP contribution in [0, 0.1) is 12.8 Å². The quantitative estimate of drug-likeness (QED) is 0.864. The van der Waals surface area contributed by atoms with Crippen LogP contribution in [-0.2, 0) is 4.79 Å². The minimum absolute atomic E-state index is 0.243. The van der Waals surface area contributed by atoms with Crippen molar-refractivity contribution in [2.24, 2.45) is 5.92 Å². The summed E-state index contributed by atoms with van der Waals surface area (Å²) < 4.78 is 9.49. The van der Waals surface area contributed by atoms with Gasteiger partial charge in [0.05, 0.1) is 11.4 Å². The molecular formula is C16H20N4O2S. The van der Waals surface area contributed by atoms with Crippen LogP contribution in [0.3, 0.4) is 0 Å². The topological polar surface area (TPSA) is 72.1 Å². The minimum Gasteiger partial charge on any atom is -0.355 e. The van der Waals surface area contributed by atoms with Crippen molar-refractivity contribution in [1.29, 1.82) is 0 Å². The number of carbonyl (C=O) groups excluding carboxylic acids is 1. The Hall–Kier alpha value is -1.76. The minimum atomic E-state index is 0.243. The molecule has 1 atom stereocenters. The first-order valence-electron chi connectivity index (χ1n) is 8.27. The Morgan fingerprint density at radius 1 is 1.35 bits per heavy atom. The van der Waals surface area contributed by atoms with E-state index in [0.717, 1.165) is 60.8 Å². The first-order valence-corrected chi connectivity index (χ1v) is 9.04. The summed E-state index contributed by atoms with van der Waals surface area (Å²) in [7, 11) is 0. The van der Waals surface area contributed by atoms with Gasteiger partial charge in [-0.05, 0) is 44.1 Å². The van der Waals surface area contributed by atoms with Crippen molar-refractivity contribution in [3.8, 4) is 10.6 Å². The molecule has 7 heteroatoms. The highest BCUT2D eigenvalue weighted by Gasteiger charge is 2.34. The summed E-state index contributed by atoms with van der Waals surface area (Å²) in [6.07, 6.45) is 5.37. The molecule has 1 aliphatic heterocycles. The maximum atomic E-state index is 12.5. The Kier molecular flexibility index (Phi) is 3.88. The van der Waals surface area contributed by atoms with Crippen molar-refractivity contribution in [3.63, 3.8) is 0 Å². The molecule has 122 valence electrons. The van der Waals surface area contributed by atoms with E-state index in [0.29, 0.717) is 5.91 Å². The fraction of sp³-hybridized carbons (Fsp3) is 0.625. The molecule has 1 saturated carbocycles. The molecule has 0 unspecified atom stereocenters. The molecule has 2 fully saturated rings. The number of piperidine rings is 1. The first kappa shape index (κ1) is 14.8. The highest BCUT2D eigenvalue weighted by atomic mass is 32.1. The molecule has 23 heavy (non-hydrogen) atoms. The fourth-order valence-corrected chi connectivity index (χ4v) is 4.12. The Labute approximate surface area is 139 Å². The van der Waals surface area contributed by atoms with Gasteiger partial charge in [-0.2, -0.15) is 0 Å². The lowest BCUT2D eigenvalue weighted by molar-refractivity contribution is -0.139. The zero-order chi connectivity index (χ0) is 15.8. The molecule has 1 saturated heterocycles. The Balaban J connectivity index is 1.54. The molecule has 0 bridgehead atoms. The summed E-state index contributed by atoms with van der Waals surface area (Å²) >= 11 is 1.34. The van der Waals surface area contributed by atoms with Crippen molar-refractivity contribution >= 4 is 17.4 Å². The fourth-order valence-electron chi connectivity index (χ4n) is 3.42. The number of rotatable bonds is 3. The average Bonchev–Trinajstić information content (AvgIpc) is 3.14. The molecule has 3 heterocycles. The van der Waals surface area contributed by atoms with Crippen LogP contribution >= 0.6 is 11.5 Å². The first-order chi connectivity index (χ1) is 11.2. The number of amides is 1. The molecule has 4 rings (SSSR count). The van der Waals surface area contributed by atoms with Gasteiger partial charge in [-0.3, -0.25) is 4.79 Å². The zero-order valence-electron chi connectivity index (χ0n) is 13.2. The number of hydrogen-bond donors (Lipinski definition) is 0. The summed E-state index contributed by atoms with van der Waals surface area (Å²) in [6.45, 7) is 3.53. The van der Waals surface area contributed by atoms with E-state index in [1.807, 2.05) is 17.9 Å². The molecule has 0 radical (unpaired) electrons. The van der Waals surface area contributed by atoms with Gasteiger partial charge in [0.1, 0.15) is 4.88 Å². The molecule has 2 aromatic rings. The van der Waals surface area contributed by atoms with Crippen LogP contribution in [0.25, 0.3) is 10.6 Å². The standard InChI is InChI=1S/C16H20N4O2S/c1-10-8-13(22-18-10)15-14(17-19-23-15)12-6-3-7-20(9-12)16(21)11-4-2-5-11/h8,11-12H,2-7,9H2,1H3/t12-/m0/s1. The third kappa shape index (κ3) is 2.78. The van der Waals surface area contributed by atoms with E-state index in [9.17, 15) is 4.79 Å². The number of aromatic nitrogens is 3. The molecule has 1 amide bonds. The van der Waals surface area contributed by atoms with Gasteiger partial charge in [-0.25, -0.2) is 0 Å². The second-order valence-corrected chi connectivity index (χ2v) is 7.33. The maximum Gasteiger partial charge on any atom is 0.225 e. The van der Waals surface area contributed by atoms with Crippen LogP contribution in [0.15, 0.2) is 10.6 Å². The van der Waals surface area contributed by atoms with E-state index in [-0.39, 0.29) is 11.8 Å². The largest absolute Gasteiger partial charge is 0.355 e. The summed E-state index contributed by atoms with van der Waals surface area (Å²) in [5.41, 5.74) is 1.81. The number of carbonyl (C=O) groups is 1. The monoisotopic (exact) mass is 332 g/mol. The maximum absolute atomic E-state index is 12.5. The number of likely N-dealkylation sites (tertiary alicyclic amines) is 1. The van der Waals surface area contributed by atoms with Gasteiger partial charge in [-0.15, -0.1) is 5.10 Å². The highest BCUT2D eigenvalue weighted by molar-refractivity contribution is 7.09. The van der Waals surface area contributed by atoms with Crippen LogP contribution in [-0.4, -0.2) is 38.6 Å². The Morgan fingerprint density at radius 2 is 2.22 bits per heavy atom. The van der Waals surface area contributed by atoms with E-state index in [2.05, 4.69) is 14.7 Å².